The van der Waals surface area contributed by atoms with Gasteiger partial charge in [-0.2, -0.15) is 0 Å². The molecule has 0 saturated heterocycles. The van der Waals surface area contributed by atoms with Crippen molar-refractivity contribution in [1.29, 1.82) is 0 Å². The van der Waals surface area contributed by atoms with E-state index in [9.17, 15) is 9.59 Å². The normalized spacial score (nSPS) is 10.2. The number of esters is 1. The molecule has 2 aromatic carbocycles. The lowest BCUT2D eigenvalue weighted by molar-refractivity contribution is -0.113. The second-order valence-corrected chi connectivity index (χ2v) is 6.87. The van der Waals surface area contributed by atoms with Gasteiger partial charge in [-0.05, 0) is 48.9 Å². The smallest absolute Gasteiger partial charge is 0.338 e. The third kappa shape index (κ3) is 6.02. The van der Waals surface area contributed by atoms with Crippen molar-refractivity contribution in [3.8, 4) is 0 Å². The van der Waals surface area contributed by atoms with Crippen LogP contribution in [0.1, 0.15) is 22.8 Å². The lowest BCUT2D eigenvalue weighted by Crippen LogP contribution is -2.14. The lowest BCUT2D eigenvalue weighted by Gasteiger charge is -2.07. The monoisotopic (exact) mass is 407 g/mol. The van der Waals surface area contributed by atoms with Crippen molar-refractivity contribution < 1.29 is 14.3 Å². The van der Waals surface area contributed by atoms with E-state index in [-0.39, 0.29) is 11.9 Å². The number of rotatable bonds is 7. The van der Waals surface area contributed by atoms with E-state index in [0.29, 0.717) is 23.6 Å². The Labute approximate surface area is 154 Å². The van der Waals surface area contributed by atoms with Crippen LogP contribution in [0.2, 0.25) is 0 Å². The van der Waals surface area contributed by atoms with Gasteiger partial charge in [-0.25, -0.2) is 4.79 Å². The van der Waals surface area contributed by atoms with E-state index in [0.717, 1.165) is 10.2 Å². The third-order valence-electron chi connectivity index (χ3n) is 3.09. The van der Waals surface area contributed by atoms with E-state index in [1.165, 1.54) is 5.56 Å². The molecule has 6 heteroatoms. The molecule has 126 valence electrons. The van der Waals surface area contributed by atoms with E-state index in [4.69, 9.17) is 4.74 Å². The highest BCUT2D eigenvalue weighted by molar-refractivity contribution is 9.10. The first-order chi connectivity index (χ1) is 11.6. The Bertz CT molecular complexity index is 686. The fourth-order valence-corrected chi connectivity index (χ4v) is 3.00. The minimum Gasteiger partial charge on any atom is -0.462 e. The fraction of sp³-hybridized carbons (Fsp3) is 0.222. The van der Waals surface area contributed by atoms with Gasteiger partial charge in [0.1, 0.15) is 0 Å². The summed E-state index contributed by atoms with van der Waals surface area (Å²) in [5.41, 5.74) is 2.31. The average Bonchev–Trinajstić information content (AvgIpc) is 2.57. The Balaban J connectivity index is 1.77. The molecule has 0 saturated carbocycles. The van der Waals surface area contributed by atoms with Crippen molar-refractivity contribution in [2.75, 3.05) is 17.7 Å². The second-order valence-electron chi connectivity index (χ2n) is 4.97. The highest BCUT2D eigenvalue weighted by Gasteiger charge is 2.07. The van der Waals surface area contributed by atoms with Gasteiger partial charge >= 0.3 is 5.97 Å². The number of carbonyl (C=O) groups is 2. The summed E-state index contributed by atoms with van der Waals surface area (Å²) < 4.78 is 5.96. The highest BCUT2D eigenvalue weighted by atomic mass is 79.9. The van der Waals surface area contributed by atoms with Crippen LogP contribution in [0.25, 0.3) is 0 Å². The van der Waals surface area contributed by atoms with Crippen LogP contribution >= 0.6 is 27.7 Å². The Kier molecular flexibility index (Phi) is 7.34. The van der Waals surface area contributed by atoms with Gasteiger partial charge in [0.2, 0.25) is 5.91 Å². The molecule has 0 fully saturated rings. The standard InChI is InChI=1S/C18H18BrNO3S/c1-2-23-18(22)14-5-9-16(10-6-14)20-17(21)12-24-11-13-3-7-15(19)8-4-13/h3-10H,2,11-12H2,1H3,(H,20,21). The molecule has 0 aliphatic rings. The zero-order chi connectivity index (χ0) is 17.4. The summed E-state index contributed by atoms with van der Waals surface area (Å²) in [5.74, 6) is 0.722. The Morgan fingerprint density at radius 1 is 1.08 bits per heavy atom. The molecule has 0 spiro atoms. The van der Waals surface area contributed by atoms with Gasteiger partial charge in [0.15, 0.2) is 0 Å². The van der Waals surface area contributed by atoms with Crippen molar-refractivity contribution in [3.63, 3.8) is 0 Å². The molecule has 1 amide bonds. The molecule has 2 rings (SSSR count). The van der Waals surface area contributed by atoms with Crippen LogP contribution in [0.4, 0.5) is 5.69 Å². The lowest BCUT2D eigenvalue weighted by atomic mass is 10.2. The molecular formula is C18H18BrNO3S. The molecule has 0 bridgehead atoms. The molecule has 24 heavy (non-hydrogen) atoms. The average molecular weight is 408 g/mol. The minimum absolute atomic E-state index is 0.0685. The van der Waals surface area contributed by atoms with Crippen LogP contribution in [-0.2, 0) is 15.3 Å². The number of benzene rings is 2. The van der Waals surface area contributed by atoms with Gasteiger partial charge in [-0.3, -0.25) is 4.79 Å². The zero-order valence-corrected chi connectivity index (χ0v) is 15.7. The van der Waals surface area contributed by atoms with Crippen molar-refractivity contribution in [2.24, 2.45) is 0 Å². The van der Waals surface area contributed by atoms with Gasteiger partial charge in [-0.15, -0.1) is 11.8 Å². The van der Waals surface area contributed by atoms with Gasteiger partial charge in [-0.1, -0.05) is 28.1 Å². The summed E-state index contributed by atoms with van der Waals surface area (Å²) >= 11 is 4.95. The van der Waals surface area contributed by atoms with Crippen molar-refractivity contribution in [2.45, 2.75) is 12.7 Å². The number of anilines is 1. The molecule has 0 atom stereocenters. The van der Waals surface area contributed by atoms with E-state index < -0.39 is 0 Å². The van der Waals surface area contributed by atoms with Crippen LogP contribution in [0.3, 0.4) is 0 Å². The molecule has 0 aliphatic heterocycles. The Morgan fingerprint density at radius 3 is 2.38 bits per heavy atom. The predicted molar refractivity (Wildman–Crippen MR) is 101 cm³/mol. The van der Waals surface area contributed by atoms with Gasteiger partial charge in [0.05, 0.1) is 17.9 Å². The summed E-state index contributed by atoms with van der Waals surface area (Å²) in [6, 6.07) is 14.7. The first kappa shape index (κ1) is 18.5. The predicted octanol–water partition coefficient (Wildman–Crippen LogP) is 4.50. The number of hydrogen-bond donors (Lipinski definition) is 1. The van der Waals surface area contributed by atoms with Gasteiger partial charge in [0.25, 0.3) is 0 Å². The molecular weight excluding hydrogens is 390 g/mol. The van der Waals surface area contributed by atoms with Crippen molar-refractivity contribution >= 4 is 45.3 Å². The largest absolute Gasteiger partial charge is 0.462 e. The van der Waals surface area contributed by atoms with E-state index in [2.05, 4.69) is 21.2 Å². The van der Waals surface area contributed by atoms with E-state index in [1.807, 2.05) is 24.3 Å². The molecule has 2 aromatic rings. The topological polar surface area (TPSA) is 55.4 Å². The molecule has 0 heterocycles. The molecule has 0 radical (unpaired) electrons. The van der Waals surface area contributed by atoms with E-state index >= 15 is 0 Å². The molecule has 4 nitrogen and oxygen atoms in total. The van der Waals surface area contributed by atoms with Crippen molar-refractivity contribution in [3.05, 3.63) is 64.1 Å². The van der Waals surface area contributed by atoms with Gasteiger partial charge in [0, 0.05) is 15.9 Å². The van der Waals surface area contributed by atoms with Gasteiger partial charge < -0.3 is 10.1 Å². The number of hydrogen-bond acceptors (Lipinski definition) is 4. The first-order valence-corrected chi connectivity index (χ1v) is 9.42. The number of halogens is 1. The van der Waals surface area contributed by atoms with Crippen LogP contribution < -0.4 is 5.32 Å². The minimum atomic E-state index is -0.361. The Morgan fingerprint density at radius 2 is 1.75 bits per heavy atom. The Hall–Kier alpha value is -1.79. The quantitative estimate of drug-likeness (QED) is 0.686. The summed E-state index contributed by atoms with van der Waals surface area (Å²) in [6.45, 7) is 2.10. The zero-order valence-electron chi connectivity index (χ0n) is 13.3. The summed E-state index contributed by atoms with van der Waals surface area (Å²) in [5, 5.41) is 2.82. The number of thioether (sulfide) groups is 1. The number of amides is 1. The fourth-order valence-electron chi connectivity index (χ4n) is 1.94. The van der Waals surface area contributed by atoms with E-state index in [1.54, 1.807) is 43.0 Å². The maximum absolute atomic E-state index is 11.9. The molecule has 0 unspecified atom stereocenters. The SMILES string of the molecule is CCOC(=O)c1ccc(NC(=O)CSCc2ccc(Br)cc2)cc1. The molecule has 1 N–H and O–H groups in total. The van der Waals surface area contributed by atoms with Crippen LogP contribution in [0.15, 0.2) is 53.0 Å². The van der Waals surface area contributed by atoms with Crippen molar-refractivity contribution in [1.82, 2.24) is 0 Å². The number of ether oxygens (including phenoxy) is 1. The summed E-state index contributed by atoms with van der Waals surface area (Å²) in [6.07, 6.45) is 0. The maximum atomic E-state index is 11.9. The summed E-state index contributed by atoms with van der Waals surface area (Å²) in [4.78, 5) is 23.5. The van der Waals surface area contributed by atoms with Crippen LogP contribution in [-0.4, -0.2) is 24.2 Å². The molecule has 0 aliphatic carbocycles. The van der Waals surface area contributed by atoms with Crippen LogP contribution in [0.5, 0.6) is 0 Å². The second kappa shape index (κ2) is 9.49. The summed E-state index contributed by atoms with van der Waals surface area (Å²) in [7, 11) is 0. The first-order valence-electron chi connectivity index (χ1n) is 7.47. The maximum Gasteiger partial charge on any atom is 0.338 e. The highest BCUT2D eigenvalue weighted by Crippen LogP contribution is 2.16. The number of nitrogens with one attached hydrogen (secondary N) is 1. The third-order valence-corrected chi connectivity index (χ3v) is 4.63. The molecule has 0 aromatic heterocycles. The van der Waals surface area contributed by atoms with Crippen LogP contribution in [0, 0.1) is 0 Å². The number of carbonyl (C=O) groups excluding carboxylic acids is 2.